The number of halogens is 2. The number of nitrogens with one attached hydrogen (secondary N) is 2. The van der Waals surface area contributed by atoms with E-state index in [1.807, 2.05) is 0 Å². The monoisotopic (exact) mass is 346 g/mol. The van der Waals surface area contributed by atoms with Crippen LogP contribution in [0.2, 0.25) is 0 Å². The molecule has 7 nitrogen and oxygen atoms in total. The number of amides is 1. The molecule has 0 radical (unpaired) electrons. The summed E-state index contributed by atoms with van der Waals surface area (Å²) in [5.41, 5.74) is -1.37. The number of hydrogen-bond donors (Lipinski definition) is 2. The zero-order valence-corrected chi connectivity index (χ0v) is 12.8. The molecule has 0 fully saturated rings. The summed E-state index contributed by atoms with van der Waals surface area (Å²) in [6.07, 6.45) is 1.44. The summed E-state index contributed by atoms with van der Waals surface area (Å²) < 4.78 is 27.3. The van der Waals surface area contributed by atoms with Gasteiger partial charge in [-0.2, -0.15) is 0 Å². The van der Waals surface area contributed by atoms with Gasteiger partial charge in [-0.05, 0) is 24.3 Å². The standard InChI is InChI=1S/C16H12F2N4O3/c17-9-3-4-10(12(18)8-9)14(23)20-6-7-22-15(24)11-2-1-5-19-13(11)21-16(22)25/h1-5,8H,6-7H2,(H,20,23)(H,19,21,25). The van der Waals surface area contributed by atoms with Gasteiger partial charge in [-0.25, -0.2) is 18.6 Å². The second kappa shape index (κ2) is 6.63. The van der Waals surface area contributed by atoms with E-state index in [9.17, 15) is 23.2 Å². The van der Waals surface area contributed by atoms with E-state index < -0.39 is 28.8 Å². The quantitative estimate of drug-likeness (QED) is 0.730. The van der Waals surface area contributed by atoms with Crippen LogP contribution in [-0.4, -0.2) is 27.0 Å². The Morgan fingerprint density at radius 3 is 2.80 bits per heavy atom. The molecule has 0 spiro atoms. The minimum Gasteiger partial charge on any atom is -0.350 e. The maximum Gasteiger partial charge on any atom is 0.330 e. The van der Waals surface area contributed by atoms with Crippen molar-refractivity contribution in [3.05, 3.63) is 74.6 Å². The fourth-order valence-corrected chi connectivity index (χ4v) is 2.34. The van der Waals surface area contributed by atoms with Gasteiger partial charge < -0.3 is 5.32 Å². The van der Waals surface area contributed by atoms with Crippen molar-refractivity contribution in [3.63, 3.8) is 0 Å². The van der Waals surface area contributed by atoms with Gasteiger partial charge in [0.25, 0.3) is 11.5 Å². The van der Waals surface area contributed by atoms with Crippen LogP contribution in [0.3, 0.4) is 0 Å². The van der Waals surface area contributed by atoms with Crippen LogP contribution in [-0.2, 0) is 6.54 Å². The second-order valence-electron chi connectivity index (χ2n) is 5.17. The van der Waals surface area contributed by atoms with Gasteiger partial charge in [0.2, 0.25) is 0 Å². The third-order valence-electron chi connectivity index (χ3n) is 3.55. The number of benzene rings is 1. The number of H-pyrrole nitrogens is 1. The summed E-state index contributed by atoms with van der Waals surface area (Å²) >= 11 is 0. The molecule has 2 N–H and O–H groups in total. The zero-order chi connectivity index (χ0) is 18.0. The zero-order valence-electron chi connectivity index (χ0n) is 12.8. The van der Waals surface area contributed by atoms with E-state index in [0.29, 0.717) is 6.07 Å². The molecular formula is C16H12F2N4O3. The molecule has 0 bridgehead atoms. The van der Waals surface area contributed by atoms with Crippen molar-refractivity contribution in [3.8, 4) is 0 Å². The van der Waals surface area contributed by atoms with Gasteiger partial charge in [0.05, 0.1) is 10.9 Å². The fourth-order valence-electron chi connectivity index (χ4n) is 2.34. The highest BCUT2D eigenvalue weighted by Gasteiger charge is 2.13. The van der Waals surface area contributed by atoms with Crippen LogP contribution in [0.25, 0.3) is 11.0 Å². The van der Waals surface area contributed by atoms with Crippen LogP contribution < -0.4 is 16.6 Å². The minimum atomic E-state index is -0.996. The normalized spacial score (nSPS) is 10.8. The van der Waals surface area contributed by atoms with Crippen molar-refractivity contribution in [1.82, 2.24) is 19.9 Å². The first-order valence-electron chi connectivity index (χ1n) is 7.28. The number of hydrogen-bond acceptors (Lipinski definition) is 4. The largest absolute Gasteiger partial charge is 0.350 e. The number of carbonyl (C=O) groups excluding carboxylic acids is 1. The van der Waals surface area contributed by atoms with Crippen molar-refractivity contribution in [2.75, 3.05) is 6.54 Å². The first-order chi connectivity index (χ1) is 12.0. The molecule has 2 aromatic heterocycles. The molecule has 0 aliphatic carbocycles. The number of rotatable bonds is 4. The molecule has 1 aromatic carbocycles. The highest BCUT2D eigenvalue weighted by atomic mass is 19.1. The van der Waals surface area contributed by atoms with E-state index in [4.69, 9.17) is 0 Å². The van der Waals surface area contributed by atoms with Gasteiger partial charge in [0.15, 0.2) is 0 Å². The molecule has 128 valence electrons. The van der Waals surface area contributed by atoms with E-state index in [1.165, 1.54) is 12.3 Å². The van der Waals surface area contributed by atoms with Crippen LogP contribution in [0, 0.1) is 11.6 Å². The van der Waals surface area contributed by atoms with E-state index in [1.54, 1.807) is 6.07 Å². The van der Waals surface area contributed by atoms with Crippen molar-refractivity contribution < 1.29 is 13.6 Å². The van der Waals surface area contributed by atoms with Crippen LogP contribution in [0.4, 0.5) is 8.78 Å². The highest BCUT2D eigenvalue weighted by molar-refractivity contribution is 5.94. The van der Waals surface area contributed by atoms with Crippen LogP contribution in [0.1, 0.15) is 10.4 Å². The summed E-state index contributed by atoms with van der Waals surface area (Å²) in [6.45, 7) is -0.210. The maximum atomic E-state index is 13.5. The lowest BCUT2D eigenvalue weighted by Gasteiger charge is -2.08. The average molecular weight is 346 g/mol. The highest BCUT2D eigenvalue weighted by Crippen LogP contribution is 2.09. The van der Waals surface area contributed by atoms with Crippen LogP contribution in [0.15, 0.2) is 46.1 Å². The molecule has 0 atom stereocenters. The van der Waals surface area contributed by atoms with E-state index >= 15 is 0 Å². The Hall–Kier alpha value is -3.36. The fraction of sp³-hybridized carbons (Fsp3) is 0.125. The molecule has 3 aromatic rings. The lowest BCUT2D eigenvalue weighted by Crippen LogP contribution is -2.39. The molecular weight excluding hydrogens is 334 g/mol. The Bertz CT molecular complexity index is 1070. The number of fused-ring (bicyclic) bond motifs is 1. The minimum absolute atomic E-state index is 0.0929. The third-order valence-corrected chi connectivity index (χ3v) is 3.55. The maximum absolute atomic E-state index is 13.5. The van der Waals surface area contributed by atoms with Gasteiger partial charge in [0.1, 0.15) is 17.3 Å². The molecule has 0 saturated heterocycles. The number of carbonyl (C=O) groups is 1. The summed E-state index contributed by atoms with van der Waals surface area (Å²) in [7, 11) is 0. The number of aromatic amines is 1. The van der Waals surface area contributed by atoms with E-state index in [2.05, 4.69) is 15.3 Å². The lowest BCUT2D eigenvalue weighted by molar-refractivity contribution is 0.0948. The molecule has 3 rings (SSSR count). The third kappa shape index (κ3) is 3.30. The number of pyridine rings is 1. The molecule has 9 heteroatoms. The first-order valence-corrected chi connectivity index (χ1v) is 7.28. The van der Waals surface area contributed by atoms with Gasteiger partial charge in [-0.1, -0.05) is 0 Å². The lowest BCUT2D eigenvalue weighted by atomic mass is 10.2. The molecule has 0 saturated carbocycles. The van der Waals surface area contributed by atoms with E-state index in [0.717, 1.165) is 16.7 Å². The summed E-state index contributed by atoms with van der Waals surface area (Å²) in [4.78, 5) is 42.5. The molecule has 0 aliphatic heterocycles. The summed E-state index contributed by atoms with van der Waals surface area (Å²) in [5.74, 6) is -2.56. The van der Waals surface area contributed by atoms with Crippen LogP contribution >= 0.6 is 0 Å². The topological polar surface area (TPSA) is 96.8 Å². The van der Waals surface area contributed by atoms with Crippen molar-refractivity contribution in [2.45, 2.75) is 6.54 Å². The summed E-state index contributed by atoms with van der Waals surface area (Å²) in [5, 5.41) is 2.61. The van der Waals surface area contributed by atoms with Gasteiger partial charge >= 0.3 is 5.69 Å². The predicted molar refractivity (Wildman–Crippen MR) is 85.3 cm³/mol. The molecule has 0 aliphatic rings. The van der Waals surface area contributed by atoms with Crippen molar-refractivity contribution >= 4 is 16.9 Å². The Morgan fingerprint density at radius 2 is 2.04 bits per heavy atom. The molecule has 1 amide bonds. The van der Waals surface area contributed by atoms with Gasteiger partial charge in [-0.15, -0.1) is 0 Å². The Morgan fingerprint density at radius 1 is 1.24 bits per heavy atom. The van der Waals surface area contributed by atoms with Gasteiger partial charge in [-0.3, -0.25) is 19.1 Å². The van der Waals surface area contributed by atoms with E-state index in [-0.39, 0.29) is 29.7 Å². The first kappa shape index (κ1) is 16.5. The Balaban J connectivity index is 1.76. The van der Waals surface area contributed by atoms with Crippen molar-refractivity contribution in [1.29, 1.82) is 0 Å². The predicted octanol–water partition coefficient (Wildman–Crippen LogP) is 0.793. The number of nitrogens with zero attached hydrogens (tertiary/aromatic N) is 2. The Labute approximate surface area is 138 Å². The summed E-state index contributed by atoms with van der Waals surface area (Å²) in [6, 6.07) is 5.65. The molecule has 0 unspecified atom stereocenters. The van der Waals surface area contributed by atoms with Crippen LogP contribution in [0.5, 0.6) is 0 Å². The second-order valence-corrected chi connectivity index (χ2v) is 5.17. The Kier molecular flexibility index (Phi) is 4.38. The molecule has 25 heavy (non-hydrogen) atoms. The van der Waals surface area contributed by atoms with Gasteiger partial charge in [0, 0.05) is 25.4 Å². The smallest absolute Gasteiger partial charge is 0.330 e. The number of aromatic nitrogens is 3. The average Bonchev–Trinajstić information content (AvgIpc) is 2.57. The molecule has 2 heterocycles. The van der Waals surface area contributed by atoms with Crippen molar-refractivity contribution in [2.24, 2.45) is 0 Å². The SMILES string of the molecule is O=C(NCCn1c(=O)[nH]c2ncccc2c1=O)c1ccc(F)cc1F.